The molecule has 0 aliphatic carbocycles. The van der Waals surface area contributed by atoms with Crippen molar-refractivity contribution in [3.05, 3.63) is 72.1 Å². The van der Waals surface area contributed by atoms with Crippen LogP contribution in [0.25, 0.3) is 5.69 Å². The number of nitrogens with zero attached hydrogens (tertiary/aromatic N) is 3. The molecule has 0 N–H and O–H groups in total. The topological polar surface area (TPSA) is 56.6 Å². The summed E-state index contributed by atoms with van der Waals surface area (Å²) in [7, 11) is 5.08. The van der Waals surface area contributed by atoms with Crippen LogP contribution < -0.4 is 9.47 Å². The van der Waals surface area contributed by atoms with E-state index in [-0.39, 0.29) is 5.91 Å². The zero-order valence-electron chi connectivity index (χ0n) is 17.2. The highest BCUT2D eigenvalue weighted by atomic mass is 16.5. The van der Waals surface area contributed by atoms with Gasteiger partial charge in [0.25, 0.3) is 0 Å². The van der Waals surface area contributed by atoms with Gasteiger partial charge in [-0.3, -0.25) is 4.79 Å². The van der Waals surface area contributed by atoms with E-state index in [0.29, 0.717) is 30.9 Å². The van der Waals surface area contributed by atoms with Gasteiger partial charge in [-0.25, -0.2) is 4.68 Å². The van der Waals surface area contributed by atoms with Crippen LogP contribution in [0, 0.1) is 0 Å². The minimum Gasteiger partial charge on any atom is -0.493 e. The van der Waals surface area contributed by atoms with Crippen LogP contribution in [0.1, 0.15) is 17.5 Å². The van der Waals surface area contributed by atoms with E-state index in [9.17, 15) is 4.79 Å². The quantitative estimate of drug-likeness (QED) is 0.558. The Bertz CT molecular complexity index is 938. The Hall–Kier alpha value is -3.28. The number of carbonyl (C=O) groups excluding carboxylic acids is 1. The number of aromatic nitrogens is 2. The first kappa shape index (κ1) is 20.5. The van der Waals surface area contributed by atoms with Crippen LogP contribution in [0.5, 0.6) is 11.5 Å². The van der Waals surface area contributed by atoms with E-state index in [4.69, 9.17) is 9.47 Å². The minimum absolute atomic E-state index is 0.123. The number of ether oxygens (including phenoxy) is 2. The number of para-hydroxylation sites is 1. The van der Waals surface area contributed by atoms with Gasteiger partial charge in [0.05, 0.1) is 26.1 Å². The van der Waals surface area contributed by atoms with Crippen LogP contribution in [0.3, 0.4) is 0 Å². The number of aryl methyl sites for hydroxylation is 1. The lowest BCUT2D eigenvalue weighted by molar-refractivity contribution is -0.129. The number of amides is 1. The molecule has 0 radical (unpaired) electrons. The molecule has 3 rings (SSSR count). The number of carbonyl (C=O) groups is 1. The molecule has 0 atom stereocenters. The standard InChI is InChI=1S/C23H27N3O3/c1-25(14-13-18-9-11-21(28-2)22(15-18)29-3)23(27)12-10-19-16-24-26(17-19)20-7-5-4-6-8-20/h4-9,11,15-17H,10,12-14H2,1-3H3. The summed E-state index contributed by atoms with van der Waals surface area (Å²) in [6.45, 7) is 0.650. The zero-order valence-corrected chi connectivity index (χ0v) is 17.2. The molecule has 6 heteroatoms. The van der Waals surface area contributed by atoms with Gasteiger partial charge in [-0.15, -0.1) is 0 Å². The first-order valence-corrected chi connectivity index (χ1v) is 9.64. The first-order valence-electron chi connectivity index (χ1n) is 9.64. The van der Waals surface area contributed by atoms with Crippen molar-refractivity contribution < 1.29 is 14.3 Å². The summed E-state index contributed by atoms with van der Waals surface area (Å²) in [6.07, 6.45) is 5.69. The third kappa shape index (κ3) is 5.38. The number of benzene rings is 2. The van der Waals surface area contributed by atoms with Crippen LogP contribution in [-0.4, -0.2) is 48.4 Å². The van der Waals surface area contributed by atoms with Gasteiger partial charge < -0.3 is 14.4 Å². The van der Waals surface area contributed by atoms with E-state index in [1.807, 2.05) is 72.7 Å². The molecule has 3 aromatic rings. The number of likely N-dealkylation sites (N-methyl/N-ethyl adjacent to an activating group) is 1. The second kappa shape index (κ2) is 9.78. The third-order valence-electron chi connectivity index (χ3n) is 4.89. The molecule has 0 fully saturated rings. The fraction of sp³-hybridized carbons (Fsp3) is 0.304. The monoisotopic (exact) mass is 393 g/mol. The average Bonchev–Trinajstić information content (AvgIpc) is 3.25. The predicted molar refractivity (Wildman–Crippen MR) is 113 cm³/mol. The molecule has 6 nitrogen and oxygen atoms in total. The Labute approximate surface area is 171 Å². The lowest BCUT2D eigenvalue weighted by Crippen LogP contribution is -2.29. The van der Waals surface area contributed by atoms with Crippen LogP contribution in [0.2, 0.25) is 0 Å². The van der Waals surface area contributed by atoms with Crippen molar-refractivity contribution in [1.82, 2.24) is 14.7 Å². The van der Waals surface area contributed by atoms with Gasteiger partial charge in [-0.1, -0.05) is 24.3 Å². The van der Waals surface area contributed by atoms with Crippen LogP contribution in [0.4, 0.5) is 0 Å². The van der Waals surface area contributed by atoms with Crippen molar-refractivity contribution in [2.45, 2.75) is 19.3 Å². The summed E-state index contributed by atoms with van der Waals surface area (Å²) in [5, 5.41) is 4.39. The van der Waals surface area contributed by atoms with E-state index in [2.05, 4.69) is 5.10 Å². The predicted octanol–water partition coefficient (Wildman–Crippen LogP) is 3.52. The van der Waals surface area contributed by atoms with Gasteiger partial charge in [0.1, 0.15) is 0 Å². The molecule has 0 spiro atoms. The molecule has 29 heavy (non-hydrogen) atoms. The van der Waals surface area contributed by atoms with Crippen molar-refractivity contribution in [1.29, 1.82) is 0 Å². The van der Waals surface area contributed by atoms with E-state index in [1.54, 1.807) is 19.1 Å². The molecule has 0 unspecified atom stereocenters. The van der Waals surface area contributed by atoms with Gasteiger partial charge in [0.15, 0.2) is 11.5 Å². The Kier molecular flexibility index (Phi) is 6.89. The summed E-state index contributed by atoms with van der Waals surface area (Å²) >= 11 is 0. The first-order chi connectivity index (χ1) is 14.1. The smallest absolute Gasteiger partial charge is 0.222 e. The minimum atomic E-state index is 0.123. The molecule has 0 saturated carbocycles. The highest BCUT2D eigenvalue weighted by Gasteiger charge is 2.11. The summed E-state index contributed by atoms with van der Waals surface area (Å²) in [5.74, 6) is 1.53. The van der Waals surface area contributed by atoms with Crippen LogP contribution in [0.15, 0.2) is 60.9 Å². The van der Waals surface area contributed by atoms with Gasteiger partial charge in [-0.05, 0) is 48.2 Å². The molecule has 0 aliphatic heterocycles. The molecular formula is C23H27N3O3. The summed E-state index contributed by atoms with van der Waals surface area (Å²) < 4.78 is 12.4. The molecule has 1 aromatic heterocycles. The highest BCUT2D eigenvalue weighted by molar-refractivity contribution is 5.76. The lowest BCUT2D eigenvalue weighted by Gasteiger charge is -2.17. The van der Waals surface area contributed by atoms with Gasteiger partial charge in [-0.2, -0.15) is 5.10 Å². The Morgan fingerprint density at radius 2 is 1.76 bits per heavy atom. The maximum absolute atomic E-state index is 12.5. The lowest BCUT2D eigenvalue weighted by atomic mass is 10.1. The number of methoxy groups -OCH3 is 2. The van der Waals surface area contributed by atoms with Gasteiger partial charge in [0, 0.05) is 26.2 Å². The SMILES string of the molecule is COc1ccc(CCN(C)C(=O)CCc2cnn(-c3ccccc3)c2)cc1OC. The number of rotatable bonds is 9. The molecule has 1 heterocycles. The van der Waals surface area contributed by atoms with Crippen LogP contribution >= 0.6 is 0 Å². The Morgan fingerprint density at radius 3 is 2.48 bits per heavy atom. The molecule has 1 amide bonds. The second-order valence-corrected chi connectivity index (χ2v) is 6.88. The van der Waals surface area contributed by atoms with Crippen molar-refractivity contribution in [2.24, 2.45) is 0 Å². The molecule has 0 saturated heterocycles. The maximum atomic E-state index is 12.5. The molecule has 152 valence electrons. The summed E-state index contributed by atoms with van der Waals surface area (Å²) in [6, 6.07) is 15.8. The van der Waals surface area contributed by atoms with Crippen LogP contribution in [-0.2, 0) is 17.6 Å². The van der Waals surface area contributed by atoms with E-state index < -0.39 is 0 Å². The number of hydrogen-bond donors (Lipinski definition) is 0. The van der Waals surface area contributed by atoms with E-state index in [0.717, 1.165) is 23.2 Å². The van der Waals surface area contributed by atoms with E-state index >= 15 is 0 Å². The largest absolute Gasteiger partial charge is 0.493 e. The fourth-order valence-electron chi connectivity index (χ4n) is 3.11. The summed E-state index contributed by atoms with van der Waals surface area (Å²) in [5.41, 5.74) is 3.17. The maximum Gasteiger partial charge on any atom is 0.222 e. The number of hydrogen-bond acceptors (Lipinski definition) is 4. The van der Waals surface area contributed by atoms with Crippen molar-refractivity contribution in [2.75, 3.05) is 27.8 Å². The fourth-order valence-corrected chi connectivity index (χ4v) is 3.11. The van der Waals surface area contributed by atoms with Gasteiger partial charge >= 0.3 is 0 Å². The third-order valence-corrected chi connectivity index (χ3v) is 4.89. The van der Waals surface area contributed by atoms with Crippen molar-refractivity contribution in [3.63, 3.8) is 0 Å². The molecule has 0 bridgehead atoms. The summed E-state index contributed by atoms with van der Waals surface area (Å²) in [4.78, 5) is 14.3. The zero-order chi connectivity index (χ0) is 20.6. The highest BCUT2D eigenvalue weighted by Crippen LogP contribution is 2.27. The van der Waals surface area contributed by atoms with Crippen molar-refractivity contribution in [3.8, 4) is 17.2 Å². The van der Waals surface area contributed by atoms with Gasteiger partial charge in [0.2, 0.25) is 5.91 Å². The molecule has 0 aliphatic rings. The average molecular weight is 393 g/mol. The Balaban J connectivity index is 1.49. The molecule has 2 aromatic carbocycles. The van der Waals surface area contributed by atoms with Crippen molar-refractivity contribution >= 4 is 5.91 Å². The normalized spacial score (nSPS) is 10.6. The van der Waals surface area contributed by atoms with E-state index in [1.165, 1.54) is 0 Å². The Morgan fingerprint density at radius 1 is 1.00 bits per heavy atom. The second-order valence-electron chi connectivity index (χ2n) is 6.88. The molecular weight excluding hydrogens is 366 g/mol.